The molecule has 0 atom stereocenters. The number of ether oxygens (including phenoxy) is 1. The number of carbonyl (C=O) groups excluding carboxylic acids is 2. The number of rotatable bonds is 4. The standard InChI is InChI=1S/C20H10BrCl5N2O3/c21-11-7-9(22)5-6-14(11)31-15-8-13(24)18(17(26)16(15)25)27-20(30)28-19(29)10-3-1-2-4-12(10)23/h1-8H,(H2,27,28,29,30). The highest BCUT2D eigenvalue weighted by Crippen LogP contribution is 2.45. The van der Waals surface area contributed by atoms with E-state index in [0.29, 0.717) is 15.2 Å². The lowest BCUT2D eigenvalue weighted by molar-refractivity contribution is 0.0967. The minimum Gasteiger partial charge on any atom is -0.454 e. The molecule has 0 aliphatic carbocycles. The van der Waals surface area contributed by atoms with Crippen molar-refractivity contribution in [1.82, 2.24) is 5.32 Å². The van der Waals surface area contributed by atoms with Crippen LogP contribution in [-0.4, -0.2) is 11.9 Å². The monoisotopic (exact) mass is 580 g/mol. The molecule has 31 heavy (non-hydrogen) atoms. The molecule has 0 aliphatic rings. The number of benzene rings is 3. The fourth-order valence-electron chi connectivity index (χ4n) is 2.40. The third-order valence-corrected chi connectivity index (χ3v) is 6.16. The predicted molar refractivity (Wildman–Crippen MR) is 129 cm³/mol. The molecule has 0 fully saturated rings. The van der Waals surface area contributed by atoms with E-state index in [1.54, 1.807) is 30.3 Å². The number of nitrogens with one attached hydrogen (secondary N) is 2. The highest BCUT2D eigenvalue weighted by atomic mass is 79.9. The Kier molecular flexibility index (Phi) is 7.97. The van der Waals surface area contributed by atoms with Crippen molar-refractivity contribution in [2.24, 2.45) is 0 Å². The Hall–Kier alpha value is -1.67. The van der Waals surface area contributed by atoms with Crippen LogP contribution in [0.4, 0.5) is 10.5 Å². The van der Waals surface area contributed by atoms with Gasteiger partial charge in [0.1, 0.15) is 16.5 Å². The molecule has 0 spiro atoms. The molecule has 0 heterocycles. The summed E-state index contributed by atoms with van der Waals surface area (Å²) in [7, 11) is 0. The van der Waals surface area contributed by atoms with Crippen molar-refractivity contribution in [3.8, 4) is 11.5 Å². The molecule has 3 amide bonds. The third-order valence-electron chi connectivity index (χ3n) is 3.82. The first-order chi connectivity index (χ1) is 14.7. The van der Waals surface area contributed by atoms with Crippen molar-refractivity contribution in [3.05, 3.63) is 83.7 Å². The molecule has 5 nitrogen and oxygen atoms in total. The molecule has 0 aliphatic heterocycles. The van der Waals surface area contributed by atoms with Gasteiger partial charge in [-0.2, -0.15) is 0 Å². The maximum Gasteiger partial charge on any atom is 0.326 e. The van der Waals surface area contributed by atoms with Gasteiger partial charge in [-0.3, -0.25) is 10.1 Å². The fourth-order valence-corrected chi connectivity index (χ4v) is 4.10. The van der Waals surface area contributed by atoms with Crippen molar-refractivity contribution < 1.29 is 14.3 Å². The summed E-state index contributed by atoms with van der Waals surface area (Å²) in [5.41, 5.74) is 0.132. The maximum atomic E-state index is 12.3. The molecule has 0 aromatic heterocycles. The minimum atomic E-state index is -0.876. The zero-order valence-corrected chi connectivity index (χ0v) is 20.5. The topological polar surface area (TPSA) is 67.4 Å². The minimum absolute atomic E-state index is 0.000291. The zero-order valence-electron chi connectivity index (χ0n) is 15.1. The Labute approximate surface area is 210 Å². The maximum absolute atomic E-state index is 12.3. The molecule has 3 rings (SSSR count). The van der Waals surface area contributed by atoms with Crippen LogP contribution in [0.2, 0.25) is 25.1 Å². The Morgan fingerprint density at radius 3 is 2.23 bits per heavy atom. The first-order valence-electron chi connectivity index (χ1n) is 8.34. The van der Waals surface area contributed by atoms with E-state index in [0.717, 1.165) is 0 Å². The molecule has 3 aromatic rings. The van der Waals surface area contributed by atoms with E-state index in [-0.39, 0.29) is 37.1 Å². The molecule has 3 aromatic carbocycles. The van der Waals surface area contributed by atoms with Crippen LogP contribution < -0.4 is 15.4 Å². The molecular weight excluding hydrogens is 573 g/mol. The Morgan fingerprint density at radius 1 is 0.839 bits per heavy atom. The normalized spacial score (nSPS) is 10.5. The molecule has 2 N–H and O–H groups in total. The lowest BCUT2D eigenvalue weighted by atomic mass is 10.2. The number of halogens is 6. The summed E-state index contributed by atoms with van der Waals surface area (Å²) in [5.74, 6) is -0.131. The largest absolute Gasteiger partial charge is 0.454 e. The van der Waals surface area contributed by atoms with Crippen molar-refractivity contribution >= 4 is 91.6 Å². The lowest BCUT2D eigenvalue weighted by Gasteiger charge is -2.15. The summed E-state index contributed by atoms with van der Waals surface area (Å²) in [4.78, 5) is 24.5. The van der Waals surface area contributed by atoms with E-state index < -0.39 is 11.9 Å². The van der Waals surface area contributed by atoms with Crippen molar-refractivity contribution in [1.29, 1.82) is 0 Å². The van der Waals surface area contributed by atoms with E-state index in [9.17, 15) is 9.59 Å². The van der Waals surface area contributed by atoms with Crippen LogP contribution in [0.15, 0.2) is 53.0 Å². The summed E-state index contributed by atoms with van der Waals surface area (Å²) >= 11 is 34.1. The fraction of sp³-hybridized carbons (Fsp3) is 0. The molecule has 0 saturated heterocycles. The highest BCUT2D eigenvalue weighted by molar-refractivity contribution is 9.10. The third kappa shape index (κ3) is 5.77. The van der Waals surface area contributed by atoms with Gasteiger partial charge in [0.05, 0.1) is 30.8 Å². The van der Waals surface area contributed by atoms with Crippen LogP contribution in [0.5, 0.6) is 11.5 Å². The molecular formula is C20H10BrCl5N2O3. The molecule has 0 saturated carbocycles. The quantitative estimate of drug-likeness (QED) is 0.303. The van der Waals surface area contributed by atoms with Crippen molar-refractivity contribution in [2.75, 3.05) is 5.32 Å². The van der Waals surface area contributed by atoms with E-state index >= 15 is 0 Å². The Bertz CT molecular complexity index is 1190. The second-order valence-electron chi connectivity index (χ2n) is 5.92. The van der Waals surface area contributed by atoms with Crippen molar-refractivity contribution in [3.63, 3.8) is 0 Å². The molecule has 0 unspecified atom stereocenters. The number of carbonyl (C=O) groups is 2. The zero-order chi connectivity index (χ0) is 22.7. The van der Waals surface area contributed by atoms with Crippen LogP contribution in [0, 0.1) is 0 Å². The Balaban J connectivity index is 1.79. The first kappa shape index (κ1) is 24.0. The van der Waals surface area contributed by atoms with E-state index in [2.05, 4.69) is 26.6 Å². The number of urea groups is 1. The van der Waals surface area contributed by atoms with Crippen LogP contribution >= 0.6 is 73.9 Å². The number of anilines is 1. The van der Waals surface area contributed by atoms with Crippen molar-refractivity contribution in [2.45, 2.75) is 0 Å². The van der Waals surface area contributed by atoms with Gasteiger partial charge in [-0.15, -0.1) is 0 Å². The van der Waals surface area contributed by atoms with E-state index in [1.165, 1.54) is 18.2 Å². The second-order valence-corrected chi connectivity index (χ2v) is 8.79. The van der Waals surface area contributed by atoms with Gasteiger partial charge in [-0.1, -0.05) is 70.1 Å². The average Bonchev–Trinajstić information content (AvgIpc) is 2.71. The summed E-state index contributed by atoms with van der Waals surface area (Å²) in [5, 5.41) is 5.22. The molecule has 0 radical (unpaired) electrons. The van der Waals surface area contributed by atoms with Gasteiger partial charge in [0, 0.05) is 11.1 Å². The second kappa shape index (κ2) is 10.3. The SMILES string of the molecule is O=C(NC(=O)c1ccccc1Cl)Nc1c(Cl)cc(Oc2ccc(Cl)cc2Br)c(Cl)c1Cl. The predicted octanol–water partition coefficient (Wildman–Crippen LogP) is 8.47. The van der Waals surface area contributed by atoms with Crippen LogP contribution in [0.25, 0.3) is 0 Å². The van der Waals surface area contributed by atoms with Gasteiger partial charge in [-0.05, 0) is 46.3 Å². The number of hydrogen-bond acceptors (Lipinski definition) is 3. The smallest absolute Gasteiger partial charge is 0.326 e. The van der Waals surface area contributed by atoms with Gasteiger partial charge < -0.3 is 10.1 Å². The first-order valence-corrected chi connectivity index (χ1v) is 11.0. The summed E-state index contributed by atoms with van der Waals surface area (Å²) in [6.07, 6.45) is 0. The molecule has 160 valence electrons. The number of amides is 3. The van der Waals surface area contributed by atoms with Gasteiger partial charge in [0.15, 0.2) is 0 Å². The summed E-state index contributed by atoms with van der Waals surface area (Å²) in [6.45, 7) is 0. The molecule has 0 bridgehead atoms. The van der Waals surface area contributed by atoms with Gasteiger partial charge in [0.2, 0.25) is 0 Å². The summed E-state index contributed by atoms with van der Waals surface area (Å²) < 4.78 is 6.33. The average molecular weight is 583 g/mol. The number of hydrogen-bond donors (Lipinski definition) is 2. The lowest BCUT2D eigenvalue weighted by Crippen LogP contribution is -2.34. The van der Waals surface area contributed by atoms with Crippen LogP contribution in [-0.2, 0) is 0 Å². The van der Waals surface area contributed by atoms with Crippen LogP contribution in [0.1, 0.15) is 10.4 Å². The van der Waals surface area contributed by atoms with Gasteiger partial charge in [-0.25, -0.2) is 4.79 Å². The highest BCUT2D eigenvalue weighted by Gasteiger charge is 2.20. The van der Waals surface area contributed by atoms with Gasteiger partial charge >= 0.3 is 6.03 Å². The molecule has 11 heteroatoms. The van der Waals surface area contributed by atoms with E-state index in [4.69, 9.17) is 62.7 Å². The number of imide groups is 1. The van der Waals surface area contributed by atoms with Crippen LogP contribution in [0.3, 0.4) is 0 Å². The van der Waals surface area contributed by atoms with Gasteiger partial charge in [0.25, 0.3) is 5.91 Å². The van der Waals surface area contributed by atoms with E-state index in [1.807, 2.05) is 0 Å². The summed E-state index contributed by atoms with van der Waals surface area (Å²) in [6, 6.07) is 11.7. The Morgan fingerprint density at radius 2 is 1.55 bits per heavy atom.